The summed E-state index contributed by atoms with van der Waals surface area (Å²) in [6.07, 6.45) is 2.59. The Balaban J connectivity index is 2.61. The van der Waals surface area contributed by atoms with Crippen LogP contribution in [-0.2, 0) is 4.74 Å². The number of ether oxygens (including phenoxy) is 1. The highest BCUT2D eigenvalue weighted by Gasteiger charge is 2.14. The summed E-state index contributed by atoms with van der Waals surface area (Å²) < 4.78 is 5.62. The molecule has 0 amide bonds. The van der Waals surface area contributed by atoms with Crippen LogP contribution in [-0.4, -0.2) is 31.6 Å². The monoisotopic (exact) mass is 235 g/mol. The Morgan fingerprint density at radius 2 is 1.65 bits per heavy atom. The third-order valence-corrected chi connectivity index (χ3v) is 2.96. The summed E-state index contributed by atoms with van der Waals surface area (Å²) in [6.45, 7) is 7.75. The van der Waals surface area contributed by atoms with Crippen molar-refractivity contribution in [2.24, 2.45) is 0 Å². The van der Waals surface area contributed by atoms with Crippen LogP contribution in [0, 0.1) is 0 Å². The Hall–Kier alpha value is -0.860. The molecule has 96 valence electrons. The summed E-state index contributed by atoms with van der Waals surface area (Å²) in [7, 11) is 1.80. The van der Waals surface area contributed by atoms with E-state index in [0.29, 0.717) is 0 Å². The first-order valence-electron chi connectivity index (χ1n) is 6.61. The zero-order valence-electron chi connectivity index (χ0n) is 11.4. The summed E-state index contributed by atoms with van der Waals surface area (Å²) in [5.74, 6) is 0. The lowest BCUT2D eigenvalue weighted by atomic mass is 10.1. The van der Waals surface area contributed by atoms with Gasteiger partial charge >= 0.3 is 0 Å². The first kappa shape index (κ1) is 14.2. The SMILES string of the molecule is CCCN(CCC)CC(OC)c1ccccc1. The van der Waals surface area contributed by atoms with Crippen molar-refractivity contribution in [1.82, 2.24) is 4.90 Å². The van der Waals surface area contributed by atoms with Gasteiger partial charge in [-0.1, -0.05) is 44.2 Å². The van der Waals surface area contributed by atoms with Crippen LogP contribution in [0.3, 0.4) is 0 Å². The summed E-state index contributed by atoms with van der Waals surface area (Å²) >= 11 is 0. The second kappa shape index (κ2) is 8.26. The second-order valence-corrected chi connectivity index (χ2v) is 4.44. The minimum absolute atomic E-state index is 0.189. The molecule has 0 saturated carbocycles. The van der Waals surface area contributed by atoms with Crippen LogP contribution >= 0.6 is 0 Å². The normalized spacial score (nSPS) is 12.9. The predicted molar refractivity (Wildman–Crippen MR) is 73.2 cm³/mol. The fourth-order valence-electron chi connectivity index (χ4n) is 2.15. The van der Waals surface area contributed by atoms with Crippen LogP contribution in [0.25, 0.3) is 0 Å². The van der Waals surface area contributed by atoms with Gasteiger partial charge in [0.1, 0.15) is 0 Å². The number of nitrogens with zero attached hydrogens (tertiary/aromatic N) is 1. The van der Waals surface area contributed by atoms with E-state index in [0.717, 1.165) is 19.6 Å². The van der Waals surface area contributed by atoms with Crippen LogP contribution in [0.5, 0.6) is 0 Å². The van der Waals surface area contributed by atoms with Crippen molar-refractivity contribution in [2.75, 3.05) is 26.7 Å². The number of benzene rings is 1. The van der Waals surface area contributed by atoms with Crippen molar-refractivity contribution < 1.29 is 4.74 Å². The molecule has 2 nitrogen and oxygen atoms in total. The van der Waals surface area contributed by atoms with E-state index >= 15 is 0 Å². The zero-order valence-corrected chi connectivity index (χ0v) is 11.4. The molecular weight excluding hydrogens is 210 g/mol. The fourth-order valence-corrected chi connectivity index (χ4v) is 2.15. The first-order chi connectivity index (χ1) is 8.31. The smallest absolute Gasteiger partial charge is 0.0947 e. The summed E-state index contributed by atoms with van der Waals surface area (Å²) in [6, 6.07) is 10.5. The van der Waals surface area contributed by atoms with Crippen LogP contribution in [0.1, 0.15) is 38.4 Å². The van der Waals surface area contributed by atoms with Crippen molar-refractivity contribution in [3.8, 4) is 0 Å². The van der Waals surface area contributed by atoms with Crippen molar-refractivity contribution in [3.05, 3.63) is 35.9 Å². The number of hydrogen-bond donors (Lipinski definition) is 0. The molecule has 1 unspecified atom stereocenters. The summed E-state index contributed by atoms with van der Waals surface area (Å²) in [5.41, 5.74) is 1.27. The lowest BCUT2D eigenvalue weighted by Gasteiger charge is -2.26. The standard InChI is InChI=1S/C15H25NO/c1-4-11-16(12-5-2)13-15(17-3)14-9-7-6-8-10-14/h6-10,15H,4-5,11-13H2,1-3H3. The van der Waals surface area contributed by atoms with E-state index in [1.165, 1.54) is 18.4 Å². The van der Waals surface area contributed by atoms with Gasteiger partial charge in [-0.25, -0.2) is 0 Å². The van der Waals surface area contributed by atoms with Crippen LogP contribution < -0.4 is 0 Å². The second-order valence-electron chi connectivity index (χ2n) is 4.44. The maximum absolute atomic E-state index is 5.62. The lowest BCUT2D eigenvalue weighted by Crippen LogP contribution is -2.31. The average Bonchev–Trinajstić information content (AvgIpc) is 2.37. The van der Waals surface area contributed by atoms with Gasteiger partial charge in [-0.15, -0.1) is 0 Å². The minimum Gasteiger partial charge on any atom is -0.375 e. The molecule has 0 bridgehead atoms. The van der Waals surface area contributed by atoms with Gasteiger partial charge in [0.2, 0.25) is 0 Å². The Morgan fingerprint density at radius 3 is 2.12 bits per heavy atom. The summed E-state index contributed by atoms with van der Waals surface area (Å²) in [5, 5.41) is 0. The van der Waals surface area contributed by atoms with Crippen molar-refractivity contribution >= 4 is 0 Å². The number of hydrogen-bond acceptors (Lipinski definition) is 2. The van der Waals surface area contributed by atoms with Gasteiger partial charge in [-0.3, -0.25) is 0 Å². The van der Waals surface area contributed by atoms with Crippen LogP contribution in [0.4, 0.5) is 0 Å². The molecule has 17 heavy (non-hydrogen) atoms. The molecule has 0 aliphatic rings. The van der Waals surface area contributed by atoms with Gasteiger partial charge in [0.05, 0.1) is 6.10 Å². The Kier molecular flexibility index (Phi) is 6.90. The van der Waals surface area contributed by atoms with Gasteiger partial charge in [0.15, 0.2) is 0 Å². The van der Waals surface area contributed by atoms with E-state index in [2.05, 4.69) is 43.0 Å². The molecule has 0 spiro atoms. The highest BCUT2D eigenvalue weighted by atomic mass is 16.5. The Bertz CT molecular complexity index is 280. The molecule has 0 aromatic heterocycles. The number of rotatable bonds is 8. The van der Waals surface area contributed by atoms with E-state index in [-0.39, 0.29) is 6.10 Å². The predicted octanol–water partition coefficient (Wildman–Crippen LogP) is 3.50. The Morgan fingerprint density at radius 1 is 1.06 bits per heavy atom. The van der Waals surface area contributed by atoms with Gasteiger partial charge in [-0.05, 0) is 31.5 Å². The molecule has 0 N–H and O–H groups in total. The molecule has 0 saturated heterocycles. The first-order valence-corrected chi connectivity index (χ1v) is 6.61. The van der Waals surface area contributed by atoms with Crippen LogP contribution in [0.2, 0.25) is 0 Å². The molecule has 1 aromatic carbocycles. The Labute approximate surface area is 106 Å². The van der Waals surface area contributed by atoms with Gasteiger partial charge < -0.3 is 9.64 Å². The van der Waals surface area contributed by atoms with Gasteiger partial charge in [0.25, 0.3) is 0 Å². The van der Waals surface area contributed by atoms with Crippen molar-refractivity contribution in [1.29, 1.82) is 0 Å². The third-order valence-electron chi connectivity index (χ3n) is 2.96. The molecule has 2 heteroatoms. The molecule has 0 aliphatic heterocycles. The topological polar surface area (TPSA) is 12.5 Å². The molecule has 0 radical (unpaired) electrons. The maximum atomic E-state index is 5.62. The highest BCUT2D eigenvalue weighted by molar-refractivity contribution is 5.17. The molecular formula is C15H25NO. The maximum Gasteiger partial charge on any atom is 0.0947 e. The molecule has 0 heterocycles. The summed E-state index contributed by atoms with van der Waals surface area (Å²) in [4.78, 5) is 2.49. The van der Waals surface area contributed by atoms with E-state index in [9.17, 15) is 0 Å². The van der Waals surface area contributed by atoms with E-state index in [4.69, 9.17) is 4.74 Å². The van der Waals surface area contributed by atoms with Crippen LogP contribution in [0.15, 0.2) is 30.3 Å². The van der Waals surface area contributed by atoms with Gasteiger partial charge in [-0.2, -0.15) is 0 Å². The molecule has 1 atom stereocenters. The molecule has 1 aromatic rings. The van der Waals surface area contributed by atoms with E-state index in [1.807, 2.05) is 6.07 Å². The highest BCUT2D eigenvalue weighted by Crippen LogP contribution is 2.17. The number of methoxy groups -OCH3 is 1. The van der Waals surface area contributed by atoms with Crippen molar-refractivity contribution in [3.63, 3.8) is 0 Å². The van der Waals surface area contributed by atoms with Crippen molar-refractivity contribution in [2.45, 2.75) is 32.8 Å². The van der Waals surface area contributed by atoms with E-state index in [1.54, 1.807) is 7.11 Å². The van der Waals surface area contributed by atoms with E-state index < -0.39 is 0 Å². The molecule has 1 rings (SSSR count). The van der Waals surface area contributed by atoms with Gasteiger partial charge in [0, 0.05) is 13.7 Å². The zero-order chi connectivity index (χ0) is 12.5. The lowest BCUT2D eigenvalue weighted by molar-refractivity contribution is 0.0634. The quantitative estimate of drug-likeness (QED) is 0.684. The largest absolute Gasteiger partial charge is 0.375 e. The average molecular weight is 235 g/mol. The minimum atomic E-state index is 0.189. The fraction of sp³-hybridized carbons (Fsp3) is 0.600. The third kappa shape index (κ3) is 4.88. The molecule has 0 aliphatic carbocycles. The molecule has 0 fully saturated rings.